The molecule has 7 rings (SSSR count). The predicted molar refractivity (Wildman–Crippen MR) is 117 cm³/mol. The number of nitrogens with one attached hydrogen (secondary N) is 1. The molecule has 3 aromatic rings. The minimum absolute atomic E-state index is 0.121. The van der Waals surface area contributed by atoms with Crippen LogP contribution < -0.4 is 10.1 Å². The molecule has 2 N–H and O–H groups in total. The van der Waals surface area contributed by atoms with Gasteiger partial charge in [0.25, 0.3) is 0 Å². The molecule has 4 aliphatic rings. The maximum atomic E-state index is 13.9. The summed E-state index contributed by atoms with van der Waals surface area (Å²) in [5, 5.41) is 19.4. The number of imide groups is 1. The van der Waals surface area contributed by atoms with E-state index < -0.39 is 22.5 Å². The lowest BCUT2D eigenvalue weighted by atomic mass is 9.46. The SMILES string of the molecule is CCC12c3ccccc3C(c3ccccc31)[C@H]1C(=O)N(c3ccc([NH+]([O-])O)cc3)C(=O)[C@@H]12. The third-order valence-electron chi connectivity index (χ3n) is 7.72. The lowest BCUT2D eigenvalue weighted by Gasteiger charge is -2.54. The molecular formula is C26H22N2O4. The number of carbonyl (C=O) groups is 2. The Bertz CT molecular complexity index is 1220. The van der Waals surface area contributed by atoms with Crippen molar-refractivity contribution in [2.45, 2.75) is 24.7 Å². The highest BCUT2D eigenvalue weighted by Gasteiger charge is 2.67. The average molecular weight is 426 g/mol. The maximum absolute atomic E-state index is 13.9. The number of amides is 2. The van der Waals surface area contributed by atoms with Crippen LogP contribution >= 0.6 is 0 Å². The van der Waals surface area contributed by atoms with E-state index in [4.69, 9.17) is 0 Å². The number of quaternary nitrogens is 1. The summed E-state index contributed by atoms with van der Waals surface area (Å²) >= 11 is 0. The van der Waals surface area contributed by atoms with E-state index in [1.807, 2.05) is 24.3 Å². The summed E-state index contributed by atoms with van der Waals surface area (Å²) in [5.74, 6) is -1.50. The summed E-state index contributed by atoms with van der Waals surface area (Å²) in [6.07, 6.45) is 0.708. The van der Waals surface area contributed by atoms with Crippen molar-refractivity contribution in [1.82, 2.24) is 0 Å². The number of benzene rings is 3. The fourth-order valence-corrected chi connectivity index (χ4v) is 6.54. The Morgan fingerprint density at radius 3 is 2.00 bits per heavy atom. The van der Waals surface area contributed by atoms with Gasteiger partial charge >= 0.3 is 0 Å². The average Bonchev–Trinajstić information content (AvgIpc) is 3.10. The number of hydrogen-bond acceptors (Lipinski definition) is 4. The van der Waals surface area contributed by atoms with Crippen LogP contribution in [0.5, 0.6) is 0 Å². The van der Waals surface area contributed by atoms with Crippen LogP contribution in [0.2, 0.25) is 0 Å². The van der Waals surface area contributed by atoms with Crippen molar-refractivity contribution in [1.29, 1.82) is 0 Å². The second kappa shape index (κ2) is 6.59. The summed E-state index contributed by atoms with van der Waals surface area (Å²) in [6.45, 7) is 2.10. The van der Waals surface area contributed by atoms with Crippen LogP contribution in [0.25, 0.3) is 0 Å². The molecule has 2 bridgehead atoms. The van der Waals surface area contributed by atoms with Crippen LogP contribution in [-0.4, -0.2) is 17.0 Å². The molecule has 1 unspecified atom stereocenters. The predicted octanol–water partition coefficient (Wildman–Crippen LogP) is 3.05. The van der Waals surface area contributed by atoms with Crippen LogP contribution in [-0.2, 0) is 15.0 Å². The van der Waals surface area contributed by atoms with Crippen molar-refractivity contribution < 1.29 is 20.0 Å². The van der Waals surface area contributed by atoms with Crippen molar-refractivity contribution in [3.05, 3.63) is 100 Å². The van der Waals surface area contributed by atoms with Gasteiger partial charge in [0.1, 0.15) is 0 Å². The van der Waals surface area contributed by atoms with Gasteiger partial charge in [0.15, 0.2) is 5.69 Å². The van der Waals surface area contributed by atoms with Gasteiger partial charge in [-0.3, -0.25) is 9.59 Å². The number of carbonyl (C=O) groups excluding carboxylic acids is 2. The molecule has 0 saturated carbocycles. The Hall–Kier alpha value is -3.32. The molecule has 3 atom stereocenters. The smallest absolute Gasteiger partial charge is 0.238 e. The van der Waals surface area contributed by atoms with Gasteiger partial charge in [-0.1, -0.05) is 55.5 Å². The molecule has 2 amide bonds. The van der Waals surface area contributed by atoms with Gasteiger partial charge in [-0.05, 0) is 40.8 Å². The lowest BCUT2D eigenvalue weighted by Crippen LogP contribution is -2.99. The first kappa shape index (κ1) is 19.4. The maximum Gasteiger partial charge on any atom is 0.238 e. The highest BCUT2D eigenvalue weighted by atomic mass is 16.8. The van der Waals surface area contributed by atoms with Crippen molar-refractivity contribution in [3.63, 3.8) is 0 Å². The molecule has 0 aromatic heterocycles. The molecule has 0 radical (unpaired) electrons. The molecular weight excluding hydrogens is 404 g/mol. The third kappa shape index (κ3) is 2.19. The minimum atomic E-state index is -1.04. The number of rotatable bonds is 3. The fraction of sp³-hybridized carbons (Fsp3) is 0.231. The Morgan fingerprint density at radius 1 is 0.906 bits per heavy atom. The summed E-state index contributed by atoms with van der Waals surface area (Å²) in [4.78, 5) is 29.0. The summed E-state index contributed by atoms with van der Waals surface area (Å²) < 4.78 is 0. The third-order valence-corrected chi connectivity index (χ3v) is 7.72. The van der Waals surface area contributed by atoms with Crippen LogP contribution in [0.1, 0.15) is 41.5 Å². The van der Waals surface area contributed by atoms with E-state index in [-0.39, 0.29) is 23.4 Å². The van der Waals surface area contributed by atoms with Gasteiger partial charge in [-0.25, -0.2) is 10.1 Å². The van der Waals surface area contributed by atoms with E-state index in [2.05, 4.69) is 31.2 Å². The van der Waals surface area contributed by atoms with Crippen molar-refractivity contribution in [3.8, 4) is 0 Å². The molecule has 6 nitrogen and oxygen atoms in total. The van der Waals surface area contributed by atoms with E-state index >= 15 is 0 Å². The first-order chi connectivity index (χ1) is 15.5. The molecule has 1 saturated heterocycles. The van der Waals surface area contributed by atoms with E-state index in [0.29, 0.717) is 12.1 Å². The summed E-state index contributed by atoms with van der Waals surface area (Å²) in [6, 6.07) is 22.4. The Balaban J connectivity index is 1.57. The zero-order valence-corrected chi connectivity index (χ0v) is 17.5. The summed E-state index contributed by atoms with van der Waals surface area (Å²) in [7, 11) is 0. The number of anilines is 1. The molecule has 3 aliphatic carbocycles. The summed E-state index contributed by atoms with van der Waals surface area (Å²) in [5.41, 5.74) is 4.56. The van der Waals surface area contributed by atoms with Crippen LogP contribution in [0.15, 0.2) is 72.8 Å². The Kier molecular flexibility index (Phi) is 3.99. The van der Waals surface area contributed by atoms with Gasteiger partial charge in [-0.15, -0.1) is 0 Å². The molecule has 1 heterocycles. The van der Waals surface area contributed by atoms with Crippen molar-refractivity contribution in [2.24, 2.45) is 11.8 Å². The molecule has 6 heteroatoms. The quantitative estimate of drug-likeness (QED) is 0.498. The Labute approximate surface area is 185 Å². The molecule has 1 fully saturated rings. The van der Waals surface area contributed by atoms with E-state index in [0.717, 1.165) is 22.3 Å². The van der Waals surface area contributed by atoms with E-state index in [1.165, 1.54) is 17.0 Å². The molecule has 1 aliphatic heterocycles. The first-order valence-electron chi connectivity index (χ1n) is 10.9. The topological polar surface area (TPSA) is 85.1 Å². The largest absolute Gasteiger partial charge is 0.595 e. The molecule has 0 spiro atoms. The van der Waals surface area contributed by atoms with Crippen molar-refractivity contribution >= 4 is 23.2 Å². The van der Waals surface area contributed by atoms with Gasteiger partial charge in [-0.2, -0.15) is 5.23 Å². The van der Waals surface area contributed by atoms with Crippen LogP contribution in [0.4, 0.5) is 11.4 Å². The lowest BCUT2D eigenvalue weighted by molar-refractivity contribution is -0.991. The highest BCUT2D eigenvalue weighted by Crippen LogP contribution is 2.65. The number of hydrogen-bond donors (Lipinski definition) is 2. The first-order valence-corrected chi connectivity index (χ1v) is 10.9. The zero-order valence-electron chi connectivity index (χ0n) is 17.5. The second-order valence-electron chi connectivity index (χ2n) is 8.84. The van der Waals surface area contributed by atoms with Crippen LogP contribution in [0, 0.1) is 17.0 Å². The second-order valence-corrected chi connectivity index (χ2v) is 8.84. The fourth-order valence-electron chi connectivity index (χ4n) is 6.54. The van der Waals surface area contributed by atoms with Crippen LogP contribution in [0.3, 0.4) is 0 Å². The molecule has 3 aromatic carbocycles. The standard InChI is InChI=1S/C26H22N2O4/c1-2-26-19-9-5-3-7-17(19)21(18-8-4-6-10-20(18)26)22-23(26)25(30)27(24(22)29)15-11-13-16(14-12-15)28(31)32/h3-14,21-23,28,31H,2H2,1H3/t21?,22-,23-,26?/m1/s1. The molecule has 32 heavy (non-hydrogen) atoms. The monoisotopic (exact) mass is 426 g/mol. The minimum Gasteiger partial charge on any atom is -0.595 e. The van der Waals surface area contributed by atoms with Crippen molar-refractivity contribution in [2.75, 3.05) is 4.90 Å². The van der Waals surface area contributed by atoms with E-state index in [9.17, 15) is 20.0 Å². The Morgan fingerprint density at radius 2 is 1.47 bits per heavy atom. The van der Waals surface area contributed by atoms with Gasteiger partial charge < -0.3 is 5.21 Å². The van der Waals surface area contributed by atoms with Gasteiger partial charge in [0.05, 0.1) is 17.5 Å². The van der Waals surface area contributed by atoms with Gasteiger partial charge in [0.2, 0.25) is 11.8 Å². The number of nitrogens with zero attached hydrogens (tertiary/aromatic N) is 1. The van der Waals surface area contributed by atoms with Gasteiger partial charge in [0, 0.05) is 23.5 Å². The zero-order chi connectivity index (χ0) is 22.2. The van der Waals surface area contributed by atoms with E-state index in [1.54, 1.807) is 12.1 Å². The normalized spacial score (nSPS) is 28.3. The molecule has 160 valence electrons. The highest BCUT2D eigenvalue weighted by molar-refractivity contribution is 6.23.